The number of rotatable bonds is 8. The van der Waals surface area contributed by atoms with Crippen LogP contribution in [0.15, 0.2) is 42.6 Å². The molecule has 168 valence electrons. The summed E-state index contributed by atoms with van der Waals surface area (Å²) in [5, 5.41) is 10.8. The third kappa shape index (κ3) is 5.90. The van der Waals surface area contributed by atoms with Crippen molar-refractivity contribution < 1.29 is 14.3 Å². The molecule has 9 heteroatoms. The number of pyridine rings is 1. The molecule has 3 rings (SSSR count). The third-order valence-electron chi connectivity index (χ3n) is 4.89. The molecule has 2 aromatic heterocycles. The first kappa shape index (κ1) is 22.9. The highest BCUT2D eigenvalue weighted by Gasteiger charge is 2.22. The topological polar surface area (TPSA) is 125 Å². The molecule has 9 nitrogen and oxygen atoms in total. The van der Waals surface area contributed by atoms with Gasteiger partial charge in [0.2, 0.25) is 0 Å². The zero-order valence-corrected chi connectivity index (χ0v) is 18.8. The smallest absolute Gasteiger partial charge is 0.273 e. The highest BCUT2D eigenvalue weighted by molar-refractivity contribution is 5.91. The summed E-state index contributed by atoms with van der Waals surface area (Å²) in [4.78, 5) is 29.1. The second-order valence-corrected chi connectivity index (χ2v) is 8.54. The first-order valence-corrected chi connectivity index (χ1v) is 10.3. The van der Waals surface area contributed by atoms with E-state index >= 15 is 0 Å². The number of hydrogen-bond donors (Lipinski definition) is 2. The van der Waals surface area contributed by atoms with Crippen LogP contribution in [-0.4, -0.2) is 38.3 Å². The van der Waals surface area contributed by atoms with E-state index in [4.69, 9.17) is 10.5 Å². The Morgan fingerprint density at radius 2 is 1.91 bits per heavy atom. The number of amides is 1. The Hall–Kier alpha value is -3.75. The maximum atomic E-state index is 12.6. The summed E-state index contributed by atoms with van der Waals surface area (Å²) in [6.45, 7) is 7.82. The Morgan fingerprint density at radius 1 is 1.19 bits per heavy atom. The number of benzene rings is 1. The molecule has 3 aromatic rings. The molecule has 0 radical (unpaired) electrons. The second kappa shape index (κ2) is 9.59. The van der Waals surface area contributed by atoms with E-state index in [0.29, 0.717) is 23.6 Å². The van der Waals surface area contributed by atoms with Gasteiger partial charge in [0.25, 0.3) is 5.91 Å². The fourth-order valence-corrected chi connectivity index (χ4v) is 2.91. The number of anilines is 1. The maximum absolute atomic E-state index is 12.6. The average Bonchev–Trinajstić information content (AvgIpc) is 3.19. The number of nitrogens with one attached hydrogen (secondary N) is 1. The third-order valence-corrected chi connectivity index (χ3v) is 4.89. The van der Waals surface area contributed by atoms with E-state index in [1.54, 1.807) is 23.9 Å². The standard InChI is InChI=1S/C23H28N6O3/c1-15-17(19(10-21(24)26-15)32-14-20(30)23(2,3)4)11-25-22(31)18-13-29(28-27-18)12-16-8-6-5-7-9-16/h5-10,13H,11-12,14H2,1-4H3,(H2,24,26)(H,25,31). The number of Topliss-reactive ketones (excluding diaryl/α,β-unsaturated/α-hetero) is 1. The molecule has 0 aliphatic rings. The number of carbonyl (C=O) groups is 2. The molecule has 2 heterocycles. The number of carbonyl (C=O) groups excluding carboxylic acids is 2. The summed E-state index contributed by atoms with van der Waals surface area (Å²) in [6, 6.07) is 11.3. The summed E-state index contributed by atoms with van der Waals surface area (Å²) < 4.78 is 7.35. The number of aryl methyl sites for hydroxylation is 1. The van der Waals surface area contributed by atoms with Gasteiger partial charge in [-0.05, 0) is 12.5 Å². The molecule has 1 amide bonds. The van der Waals surface area contributed by atoms with Crippen molar-refractivity contribution in [3.05, 3.63) is 65.1 Å². The summed E-state index contributed by atoms with van der Waals surface area (Å²) in [5.41, 5.74) is 7.84. The van der Waals surface area contributed by atoms with Gasteiger partial charge in [-0.1, -0.05) is 56.3 Å². The largest absolute Gasteiger partial charge is 0.485 e. The molecule has 0 aliphatic heterocycles. The number of ketones is 1. The van der Waals surface area contributed by atoms with E-state index < -0.39 is 5.41 Å². The van der Waals surface area contributed by atoms with E-state index in [0.717, 1.165) is 5.56 Å². The lowest BCUT2D eigenvalue weighted by atomic mass is 9.91. The molecule has 0 fully saturated rings. The van der Waals surface area contributed by atoms with Gasteiger partial charge in [-0.2, -0.15) is 0 Å². The van der Waals surface area contributed by atoms with Crippen LogP contribution in [0, 0.1) is 12.3 Å². The molecule has 3 N–H and O–H groups in total. The SMILES string of the molecule is Cc1nc(N)cc(OCC(=O)C(C)(C)C)c1CNC(=O)c1cn(Cc2ccccc2)nn1. The summed E-state index contributed by atoms with van der Waals surface area (Å²) >= 11 is 0. The highest BCUT2D eigenvalue weighted by atomic mass is 16.5. The summed E-state index contributed by atoms with van der Waals surface area (Å²) in [7, 11) is 0. The van der Waals surface area contributed by atoms with Crippen LogP contribution in [0.3, 0.4) is 0 Å². The van der Waals surface area contributed by atoms with E-state index in [-0.39, 0.29) is 36.4 Å². The Labute approximate surface area is 187 Å². The zero-order valence-electron chi connectivity index (χ0n) is 18.8. The summed E-state index contributed by atoms with van der Waals surface area (Å²) in [6.07, 6.45) is 1.59. The molecule has 1 aromatic carbocycles. The fraction of sp³-hybridized carbons (Fsp3) is 0.348. The molecule has 0 saturated heterocycles. The van der Waals surface area contributed by atoms with Crippen LogP contribution in [0.25, 0.3) is 0 Å². The van der Waals surface area contributed by atoms with E-state index in [2.05, 4.69) is 20.6 Å². The van der Waals surface area contributed by atoms with Crippen LogP contribution in [-0.2, 0) is 17.9 Å². The van der Waals surface area contributed by atoms with Crippen LogP contribution in [0.4, 0.5) is 5.82 Å². The van der Waals surface area contributed by atoms with Gasteiger partial charge in [0.1, 0.15) is 18.2 Å². The quantitative estimate of drug-likeness (QED) is 0.556. The Morgan fingerprint density at radius 3 is 2.59 bits per heavy atom. The lowest BCUT2D eigenvalue weighted by Crippen LogP contribution is -2.27. The molecular formula is C23H28N6O3. The van der Waals surface area contributed by atoms with Crippen molar-refractivity contribution in [3.63, 3.8) is 0 Å². The van der Waals surface area contributed by atoms with E-state index in [9.17, 15) is 9.59 Å². The van der Waals surface area contributed by atoms with Crippen LogP contribution >= 0.6 is 0 Å². The molecule has 0 unspecified atom stereocenters. The van der Waals surface area contributed by atoms with E-state index in [1.165, 1.54) is 0 Å². The minimum Gasteiger partial charge on any atom is -0.485 e. The number of aromatic nitrogens is 4. The van der Waals surface area contributed by atoms with Crippen molar-refractivity contribution in [1.82, 2.24) is 25.3 Å². The minimum absolute atomic E-state index is 0.0458. The van der Waals surface area contributed by atoms with Crippen LogP contribution in [0.1, 0.15) is 48.1 Å². The first-order chi connectivity index (χ1) is 15.1. The second-order valence-electron chi connectivity index (χ2n) is 8.54. The Kier molecular flexibility index (Phi) is 6.87. The van der Waals surface area contributed by atoms with Crippen LogP contribution < -0.4 is 15.8 Å². The van der Waals surface area contributed by atoms with Gasteiger partial charge >= 0.3 is 0 Å². The van der Waals surface area contributed by atoms with Gasteiger partial charge in [-0.3, -0.25) is 9.59 Å². The monoisotopic (exact) mass is 436 g/mol. The lowest BCUT2D eigenvalue weighted by Gasteiger charge is -2.19. The molecule has 0 spiro atoms. The van der Waals surface area contributed by atoms with Crippen LogP contribution in [0.5, 0.6) is 5.75 Å². The predicted molar refractivity (Wildman–Crippen MR) is 120 cm³/mol. The average molecular weight is 437 g/mol. The van der Waals surface area contributed by atoms with Crippen LogP contribution in [0.2, 0.25) is 0 Å². The Bertz CT molecular complexity index is 1100. The molecule has 0 atom stereocenters. The molecule has 32 heavy (non-hydrogen) atoms. The minimum atomic E-state index is -0.520. The van der Waals surface area contributed by atoms with Gasteiger partial charge in [-0.15, -0.1) is 5.10 Å². The maximum Gasteiger partial charge on any atom is 0.273 e. The highest BCUT2D eigenvalue weighted by Crippen LogP contribution is 2.25. The van der Waals surface area contributed by atoms with Crippen molar-refractivity contribution >= 4 is 17.5 Å². The number of nitrogen functional groups attached to an aromatic ring is 1. The fourth-order valence-electron chi connectivity index (χ4n) is 2.91. The molecule has 0 aliphatic carbocycles. The van der Waals surface area contributed by atoms with Gasteiger partial charge in [-0.25, -0.2) is 9.67 Å². The van der Waals surface area contributed by atoms with Crippen molar-refractivity contribution in [2.75, 3.05) is 12.3 Å². The summed E-state index contributed by atoms with van der Waals surface area (Å²) in [5.74, 6) is 0.271. The van der Waals surface area contributed by atoms with Crippen molar-refractivity contribution in [2.24, 2.45) is 5.41 Å². The Balaban J connectivity index is 1.67. The van der Waals surface area contributed by atoms with Crippen molar-refractivity contribution in [3.8, 4) is 5.75 Å². The van der Waals surface area contributed by atoms with Gasteiger partial charge in [0.05, 0.1) is 12.7 Å². The molecule has 0 bridgehead atoms. The molecule has 0 saturated carbocycles. The predicted octanol–water partition coefficient (Wildman–Crippen LogP) is 2.54. The van der Waals surface area contributed by atoms with Crippen molar-refractivity contribution in [2.45, 2.75) is 40.8 Å². The zero-order chi connectivity index (χ0) is 23.3. The van der Waals surface area contributed by atoms with Gasteiger partial charge in [0.15, 0.2) is 11.5 Å². The number of nitrogens with two attached hydrogens (primary N) is 1. The number of nitrogens with zero attached hydrogens (tertiary/aromatic N) is 4. The van der Waals surface area contributed by atoms with Crippen molar-refractivity contribution in [1.29, 1.82) is 0 Å². The van der Waals surface area contributed by atoms with E-state index in [1.807, 2.05) is 51.1 Å². The number of ether oxygens (including phenoxy) is 1. The van der Waals surface area contributed by atoms with Gasteiger partial charge in [0, 0.05) is 29.3 Å². The first-order valence-electron chi connectivity index (χ1n) is 10.3. The normalized spacial score (nSPS) is 11.2. The lowest BCUT2D eigenvalue weighted by molar-refractivity contribution is -0.128. The molecular weight excluding hydrogens is 408 g/mol. The number of hydrogen-bond acceptors (Lipinski definition) is 7. The van der Waals surface area contributed by atoms with Gasteiger partial charge < -0.3 is 15.8 Å².